The summed E-state index contributed by atoms with van der Waals surface area (Å²) in [6.07, 6.45) is 0.0571. The van der Waals surface area contributed by atoms with Crippen molar-refractivity contribution in [1.29, 1.82) is 0 Å². The zero-order valence-corrected chi connectivity index (χ0v) is 13.3. The van der Waals surface area contributed by atoms with Gasteiger partial charge in [-0.3, -0.25) is 4.90 Å². The summed E-state index contributed by atoms with van der Waals surface area (Å²) < 4.78 is 0. The van der Waals surface area contributed by atoms with Crippen LogP contribution in [0.4, 0.5) is 4.79 Å². The molecule has 0 radical (unpaired) electrons. The summed E-state index contributed by atoms with van der Waals surface area (Å²) in [5.74, 6) is -1.11. The number of benzene rings is 2. The Morgan fingerprint density at radius 3 is 1.79 bits per heavy atom. The Morgan fingerprint density at radius 1 is 0.833 bits per heavy atom. The zero-order valence-electron chi connectivity index (χ0n) is 13.3. The van der Waals surface area contributed by atoms with E-state index in [0.29, 0.717) is 12.8 Å². The lowest BCUT2D eigenvalue weighted by molar-refractivity contribution is -0.142. The van der Waals surface area contributed by atoms with Gasteiger partial charge >= 0.3 is 12.1 Å². The van der Waals surface area contributed by atoms with Gasteiger partial charge in [-0.2, -0.15) is 0 Å². The van der Waals surface area contributed by atoms with Crippen LogP contribution in [0, 0.1) is 0 Å². The maximum Gasteiger partial charge on any atom is 0.408 e. The van der Waals surface area contributed by atoms with E-state index in [-0.39, 0.29) is 13.0 Å². The molecule has 5 nitrogen and oxygen atoms in total. The molecule has 2 aromatic rings. The molecule has 0 heterocycles. The molecule has 1 unspecified atom stereocenters. The van der Waals surface area contributed by atoms with Crippen molar-refractivity contribution >= 4 is 12.1 Å². The van der Waals surface area contributed by atoms with Gasteiger partial charge in [0, 0.05) is 6.54 Å². The van der Waals surface area contributed by atoms with E-state index in [4.69, 9.17) is 0 Å². The van der Waals surface area contributed by atoms with Gasteiger partial charge in [-0.15, -0.1) is 0 Å². The van der Waals surface area contributed by atoms with Gasteiger partial charge in [-0.05, 0) is 30.4 Å². The van der Waals surface area contributed by atoms with Gasteiger partial charge in [0.1, 0.15) is 6.04 Å². The molecule has 0 saturated heterocycles. The highest BCUT2D eigenvalue weighted by Gasteiger charge is 2.28. The van der Waals surface area contributed by atoms with E-state index in [2.05, 4.69) is 0 Å². The third-order valence-electron chi connectivity index (χ3n) is 3.94. The van der Waals surface area contributed by atoms with Crippen molar-refractivity contribution in [2.24, 2.45) is 0 Å². The third-order valence-corrected chi connectivity index (χ3v) is 3.94. The van der Waals surface area contributed by atoms with Crippen LogP contribution in [0.5, 0.6) is 0 Å². The molecule has 5 heteroatoms. The second-order valence-electron chi connectivity index (χ2n) is 5.59. The molecule has 2 aromatic carbocycles. The number of nitrogens with zero attached hydrogens (tertiary/aromatic N) is 1. The first-order valence-corrected chi connectivity index (χ1v) is 7.88. The molecule has 1 atom stereocenters. The minimum Gasteiger partial charge on any atom is -0.480 e. The standard InChI is InChI=1S/C19H21NO4/c21-18(22)17(12-11-15-7-3-1-4-8-15)20(19(23)24)14-13-16-9-5-2-6-10-16/h1-10,17H,11-14H2,(H,21,22)(H,23,24). The lowest BCUT2D eigenvalue weighted by atomic mass is 10.0. The predicted octanol–water partition coefficient (Wildman–Crippen LogP) is 3.30. The van der Waals surface area contributed by atoms with E-state index in [9.17, 15) is 19.8 Å². The summed E-state index contributed by atoms with van der Waals surface area (Å²) in [5, 5.41) is 18.9. The van der Waals surface area contributed by atoms with Crippen molar-refractivity contribution in [3.05, 3.63) is 71.8 Å². The van der Waals surface area contributed by atoms with Crippen LogP contribution < -0.4 is 0 Å². The van der Waals surface area contributed by atoms with Crippen LogP contribution >= 0.6 is 0 Å². The van der Waals surface area contributed by atoms with Crippen molar-refractivity contribution in [2.75, 3.05) is 6.54 Å². The molecule has 0 aromatic heterocycles. The number of aliphatic carboxylic acids is 1. The molecule has 2 rings (SSSR count). The van der Waals surface area contributed by atoms with Gasteiger partial charge in [0.15, 0.2) is 0 Å². The van der Waals surface area contributed by atoms with Crippen molar-refractivity contribution in [3.63, 3.8) is 0 Å². The van der Waals surface area contributed by atoms with Crippen LogP contribution in [0.3, 0.4) is 0 Å². The monoisotopic (exact) mass is 327 g/mol. The molecule has 24 heavy (non-hydrogen) atoms. The zero-order chi connectivity index (χ0) is 17.4. The number of hydrogen-bond donors (Lipinski definition) is 2. The molecule has 0 aliphatic rings. The second-order valence-corrected chi connectivity index (χ2v) is 5.59. The topological polar surface area (TPSA) is 77.8 Å². The van der Waals surface area contributed by atoms with Gasteiger partial charge in [-0.25, -0.2) is 9.59 Å². The summed E-state index contributed by atoms with van der Waals surface area (Å²) in [4.78, 5) is 24.1. The average molecular weight is 327 g/mol. The van der Waals surface area contributed by atoms with E-state index in [0.717, 1.165) is 16.0 Å². The fourth-order valence-corrected chi connectivity index (χ4v) is 2.64. The molecule has 0 bridgehead atoms. The number of carboxylic acid groups (broad SMARTS) is 2. The molecule has 2 N–H and O–H groups in total. The van der Waals surface area contributed by atoms with Crippen LogP contribution in [-0.2, 0) is 17.6 Å². The van der Waals surface area contributed by atoms with Crippen molar-refractivity contribution in [2.45, 2.75) is 25.3 Å². The van der Waals surface area contributed by atoms with Crippen molar-refractivity contribution in [3.8, 4) is 0 Å². The minimum atomic E-state index is -1.20. The molecule has 126 valence electrons. The normalized spacial score (nSPS) is 11.7. The fraction of sp³-hybridized carbons (Fsp3) is 0.263. The molecule has 0 aliphatic carbocycles. The van der Waals surface area contributed by atoms with E-state index >= 15 is 0 Å². The van der Waals surface area contributed by atoms with Crippen LogP contribution in [0.2, 0.25) is 0 Å². The maximum absolute atomic E-state index is 11.6. The highest BCUT2D eigenvalue weighted by molar-refractivity contribution is 5.79. The summed E-state index contributed by atoms with van der Waals surface area (Å²) >= 11 is 0. The molecule has 0 spiro atoms. The number of hydrogen-bond acceptors (Lipinski definition) is 2. The Hall–Kier alpha value is -2.82. The van der Waals surface area contributed by atoms with Gasteiger partial charge in [0.05, 0.1) is 0 Å². The van der Waals surface area contributed by atoms with Crippen LogP contribution in [-0.4, -0.2) is 39.8 Å². The van der Waals surface area contributed by atoms with E-state index in [1.165, 1.54) is 0 Å². The summed E-state index contributed by atoms with van der Waals surface area (Å²) in [6.45, 7) is 0.158. The SMILES string of the molecule is O=C(O)C(CCc1ccccc1)N(CCc1ccccc1)C(=O)O. The Morgan fingerprint density at radius 2 is 1.33 bits per heavy atom. The summed E-state index contributed by atoms with van der Waals surface area (Å²) in [5.41, 5.74) is 1.98. The molecule has 1 amide bonds. The highest BCUT2D eigenvalue weighted by atomic mass is 16.4. The van der Waals surface area contributed by atoms with Crippen molar-refractivity contribution < 1.29 is 19.8 Å². The number of aryl methyl sites for hydroxylation is 1. The number of carboxylic acids is 1. The Kier molecular flexibility index (Phi) is 6.37. The summed E-state index contributed by atoms with van der Waals surface area (Å²) in [7, 11) is 0. The quantitative estimate of drug-likeness (QED) is 0.780. The highest BCUT2D eigenvalue weighted by Crippen LogP contribution is 2.13. The summed E-state index contributed by atoms with van der Waals surface area (Å²) in [6, 6.07) is 17.9. The fourth-order valence-electron chi connectivity index (χ4n) is 2.64. The third kappa shape index (κ3) is 5.12. The van der Waals surface area contributed by atoms with Crippen LogP contribution in [0.25, 0.3) is 0 Å². The van der Waals surface area contributed by atoms with E-state index < -0.39 is 18.1 Å². The van der Waals surface area contributed by atoms with E-state index in [1.54, 1.807) is 0 Å². The minimum absolute atomic E-state index is 0.158. The first kappa shape index (κ1) is 17.5. The maximum atomic E-state index is 11.6. The predicted molar refractivity (Wildman–Crippen MR) is 91.1 cm³/mol. The van der Waals surface area contributed by atoms with Gasteiger partial charge < -0.3 is 10.2 Å². The lowest BCUT2D eigenvalue weighted by Gasteiger charge is -2.26. The Labute approximate surface area is 141 Å². The number of carbonyl (C=O) groups is 2. The molecule has 0 aliphatic heterocycles. The van der Waals surface area contributed by atoms with Crippen LogP contribution in [0.15, 0.2) is 60.7 Å². The molecular formula is C19H21NO4. The second kappa shape index (κ2) is 8.72. The Bertz CT molecular complexity index is 598. The van der Waals surface area contributed by atoms with Gasteiger partial charge in [0.2, 0.25) is 0 Å². The van der Waals surface area contributed by atoms with Gasteiger partial charge in [-0.1, -0.05) is 60.7 Å². The molecule has 0 saturated carbocycles. The van der Waals surface area contributed by atoms with E-state index in [1.807, 2.05) is 60.7 Å². The van der Waals surface area contributed by atoms with Gasteiger partial charge in [0.25, 0.3) is 0 Å². The first-order valence-electron chi connectivity index (χ1n) is 7.88. The molecule has 0 fully saturated rings. The first-order chi connectivity index (χ1) is 11.6. The Balaban J connectivity index is 2.03. The lowest BCUT2D eigenvalue weighted by Crippen LogP contribution is -2.45. The largest absolute Gasteiger partial charge is 0.480 e. The molecular weight excluding hydrogens is 306 g/mol. The smallest absolute Gasteiger partial charge is 0.408 e. The van der Waals surface area contributed by atoms with Crippen LogP contribution in [0.1, 0.15) is 17.5 Å². The number of rotatable bonds is 8. The number of amides is 1. The average Bonchev–Trinajstić information content (AvgIpc) is 2.59. The van der Waals surface area contributed by atoms with Crippen molar-refractivity contribution in [1.82, 2.24) is 4.90 Å².